The molecule has 0 aliphatic heterocycles. The molecule has 1 aromatic rings. The molecule has 22 heavy (non-hydrogen) atoms. The van der Waals surface area contributed by atoms with Crippen LogP contribution in [0, 0.1) is 0 Å². The van der Waals surface area contributed by atoms with Gasteiger partial charge in [-0.3, -0.25) is 0 Å². The fraction of sp³-hybridized carbons (Fsp3) is 0.231. The van der Waals surface area contributed by atoms with Crippen molar-refractivity contribution in [3.05, 3.63) is 34.4 Å². The molecule has 9 heteroatoms. The second kappa shape index (κ2) is 7.41. The van der Waals surface area contributed by atoms with Crippen LogP contribution in [0.1, 0.15) is 0 Å². The number of sulfone groups is 1. The Balaban J connectivity index is 3.34. The normalized spacial score (nSPS) is 11.7. The molecule has 1 rings (SSSR count). The van der Waals surface area contributed by atoms with E-state index in [1.807, 2.05) is 0 Å². The van der Waals surface area contributed by atoms with Crippen molar-refractivity contribution in [1.29, 1.82) is 0 Å². The van der Waals surface area contributed by atoms with Crippen molar-refractivity contribution in [3.63, 3.8) is 0 Å². The number of methoxy groups -OCH3 is 2. The lowest BCUT2D eigenvalue weighted by atomic mass is 10.3. The summed E-state index contributed by atoms with van der Waals surface area (Å²) >= 11 is 3.18. The van der Waals surface area contributed by atoms with Gasteiger partial charge in [-0.1, -0.05) is 15.9 Å². The average molecular weight is 392 g/mol. The molecule has 0 aromatic heterocycles. The molecule has 7 nitrogen and oxygen atoms in total. The Bertz CT molecular complexity index is 726. The summed E-state index contributed by atoms with van der Waals surface area (Å²) in [6.45, 7) is 0. The first-order valence-electron chi connectivity index (χ1n) is 5.83. The van der Waals surface area contributed by atoms with E-state index in [1.165, 1.54) is 12.1 Å². The van der Waals surface area contributed by atoms with Crippen LogP contribution in [0.4, 0.5) is 5.69 Å². The van der Waals surface area contributed by atoms with Crippen LogP contribution < -0.4 is 5.32 Å². The highest BCUT2D eigenvalue weighted by molar-refractivity contribution is 9.10. The number of rotatable bonds is 5. The summed E-state index contributed by atoms with van der Waals surface area (Å²) in [4.78, 5) is 22.9. The summed E-state index contributed by atoms with van der Waals surface area (Å²) in [5.74, 6) is -1.63. The lowest BCUT2D eigenvalue weighted by molar-refractivity contribution is -0.138. The average Bonchev–Trinajstić information content (AvgIpc) is 2.46. The van der Waals surface area contributed by atoms with Crippen LogP contribution in [0.5, 0.6) is 0 Å². The van der Waals surface area contributed by atoms with Crippen LogP contribution >= 0.6 is 15.9 Å². The van der Waals surface area contributed by atoms with Crippen LogP contribution in [-0.2, 0) is 28.9 Å². The van der Waals surface area contributed by atoms with E-state index < -0.39 is 21.8 Å². The first-order chi connectivity index (χ1) is 10.2. The van der Waals surface area contributed by atoms with Gasteiger partial charge >= 0.3 is 11.9 Å². The highest BCUT2D eigenvalue weighted by atomic mass is 79.9. The number of ether oxygens (including phenoxy) is 2. The van der Waals surface area contributed by atoms with Crippen molar-refractivity contribution in [1.82, 2.24) is 0 Å². The van der Waals surface area contributed by atoms with Gasteiger partial charge < -0.3 is 14.8 Å². The van der Waals surface area contributed by atoms with Crippen molar-refractivity contribution in [3.8, 4) is 0 Å². The zero-order valence-electron chi connectivity index (χ0n) is 12.0. The molecule has 0 bridgehead atoms. The predicted octanol–water partition coefficient (Wildman–Crippen LogP) is 1.49. The van der Waals surface area contributed by atoms with E-state index in [4.69, 9.17) is 0 Å². The maximum atomic E-state index is 11.8. The highest BCUT2D eigenvalue weighted by Gasteiger charge is 2.18. The number of hydrogen-bond acceptors (Lipinski definition) is 7. The largest absolute Gasteiger partial charge is 0.466 e. The van der Waals surface area contributed by atoms with Gasteiger partial charge in [-0.15, -0.1) is 0 Å². The van der Waals surface area contributed by atoms with E-state index in [0.29, 0.717) is 4.47 Å². The predicted molar refractivity (Wildman–Crippen MR) is 83.0 cm³/mol. The van der Waals surface area contributed by atoms with Gasteiger partial charge in [-0.2, -0.15) is 0 Å². The number of carbonyl (C=O) groups is 2. The third-order valence-electron chi connectivity index (χ3n) is 2.48. The summed E-state index contributed by atoms with van der Waals surface area (Å²) in [5, 5.41) is 2.58. The topological polar surface area (TPSA) is 98.8 Å². The number of hydrogen-bond donors (Lipinski definition) is 1. The quantitative estimate of drug-likeness (QED) is 0.599. The Morgan fingerprint density at radius 1 is 1.23 bits per heavy atom. The van der Waals surface area contributed by atoms with Gasteiger partial charge in [0, 0.05) is 10.7 Å². The highest BCUT2D eigenvalue weighted by Crippen LogP contribution is 2.26. The van der Waals surface area contributed by atoms with Crippen LogP contribution in [0.2, 0.25) is 0 Å². The summed E-state index contributed by atoms with van der Waals surface area (Å²) in [6.07, 6.45) is 1.90. The number of esters is 2. The van der Waals surface area contributed by atoms with Crippen LogP contribution in [-0.4, -0.2) is 40.8 Å². The van der Waals surface area contributed by atoms with Crippen molar-refractivity contribution >= 4 is 43.4 Å². The van der Waals surface area contributed by atoms with E-state index >= 15 is 0 Å². The lowest BCUT2D eigenvalue weighted by Crippen LogP contribution is -2.17. The molecule has 120 valence electrons. The van der Waals surface area contributed by atoms with Crippen LogP contribution in [0.25, 0.3) is 0 Å². The van der Waals surface area contributed by atoms with Gasteiger partial charge in [0.1, 0.15) is 5.70 Å². The second-order valence-electron chi connectivity index (χ2n) is 4.11. The summed E-state index contributed by atoms with van der Waals surface area (Å²) in [5.41, 5.74) is -0.118. The Labute approximate surface area is 136 Å². The molecule has 0 atom stereocenters. The van der Waals surface area contributed by atoms with Crippen molar-refractivity contribution in [2.75, 3.05) is 25.8 Å². The SMILES string of the molecule is COC(=O)/C=C(/Nc1ccc(Br)cc1S(C)(=O)=O)C(=O)OC. The monoisotopic (exact) mass is 391 g/mol. The molecule has 0 saturated heterocycles. The van der Waals surface area contributed by atoms with E-state index in [1.54, 1.807) is 6.07 Å². The van der Waals surface area contributed by atoms with Crippen LogP contribution in [0.15, 0.2) is 39.3 Å². The second-order valence-corrected chi connectivity index (χ2v) is 7.01. The van der Waals surface area contributed by atoms with E-state index in [2.05, 4.69) is 30.7 Å². The fourth-order valence-corrected chi connectivity index (χ4v) is 2.86. The number of benzene rings is 1. The van der Waals surface area contributed by atoms with Gasteiger partial charge in [0.05, 0.1) is 30.9 Å². The number of carbonyl (C=O) groups excluding carboxylic acids is 2. The molecule has 0 aliphatic rings. The molecule has 0 radical (unpaired) electrons. The van der Waals surface area contributed by atoms with E-state index in [0.717, 1.165) is 26.6 Å². The maximum Gasteiger partial charge on any atom is 0.354 e. The smallest absolute Gasteiger partial charge is 0.354 e. The van der Waals surface area contributed by atoms with Gasteiger partial charge in [0.15, 0.2) is 9.84 Å². The molecule has 0 spiro atoms. The van der Waals surface area contributed by atoms with E-state index in [9.17, 15) is 18.0 Å². The first-order valence-corrected chi connectivity index (χ1v) is 8.52. The summed E-state index contributed by atoms with van der Waals surface area (Å²) < 4.78 is 33.2. The minimum Gasteiger partial charge on any atom is -0.466 e. The van der Waals surface area contributed by atoms with Gasteiger partial charge in [-0.25, -0.2) is 18.0 Å². The number of halogens is 1. The van der Waals surface area contributed by atoms with Gasteiger partial charge in [-0.05, 0) is 18.2 Å². The first kappa shape index (κ1) is 18.2. The van der Waals surface area contributed by atoms with Crippen molar-refractivity contribution < 1.29 is 27.5 Å². The summed E-state index contributed by atoms with van der Waals surface area (Å²) in [6, 6.07) is 4.42. The van der Waals surface area contributed by atoms with Crippen LogP contribution in [0.3, 0.4) is 0 Å². The van der Waals surface area contributed by atoms with Crippen molar-refractivity contribution in [2.24, 2.45) is 0 Å². The molecule has 0 unspecified atom stereocenters. The lowest BCUT2D eigenvalue weighted by Gasteiger charge is -2.13. The molecule has 0 aliphatic carbocycles. The Kier molecular flexibility index (Phi) is 6.12. The summed E-state index contributed by atoms with van der Waals surface area (Å²) in [7, 11) is -1.27. The standard InChI is InChI=1S/C13H14BrNO6S/c1-20-12(16)7-10(13(17)21-2)15-9-5-4-8(14)6-11(9)22(3,18)19/h4-7,15H,1-3H3/b10-7+. The Morgan fingerprint density at radius 3 is 2.36 bits per heavy atom. The third kappa shape index (κ3) is 4.85. The number of nitrogens with one attached hydrogen (secondary N) is 1. The molecule has 0 heterocycles. The molecule has 0 fully saturated rings. The Morgan fingerprint density at radius 2 is 1.86 bits per heavy atom. The molecule has 0 amide bonds. The zero-order valence-corrected chi connectivity index (χ0v) is 14.4. The molecular weight excluding hydrogens is 378 g/mol. The minimum atomic E-state index is -3.56. The number of anilines is 1. The van der Waals surface area contributed by atoms with E-state index in [-0.39, 0.29) is 16.3 Å². The Hall–Kier alpha value is -1.87. The molecule has 1 N–H and O–H groups in total. The van der Waals surface area contributed by atoms with Crippen molar-refractivity contribution in [2.45, 2.75) is 4.90 Å². The maximum absolute atomic E-state index is 11.8. The molecular formula is C13H14BrNO6S. The fourth-order valence-electron chi connectivity index (χ4n) is 1.48. The van der Waals surface area contributed by atoms with Gasteiger partial charge in [0.25, 0.3) is 0 Å². The molecule has 0 saturated carbocycles. The molecule has 1 aromatic carbocycles. The zero-order chi connectivity index (χ0) is 16.9. The van der Waals surface area contributed by atoms with Gasteiger partial charge in [0.2, 0.25) is 0 Å². The third-order valence-corrected chi connectivity index (χ3v) is 4.11. The minimum absolute atomic E-state index is 0.0402.